The van der Waals surface area contributed by atoms with E-state index in [2.05, 4.69) is 25.2 Å². The molecular formula is C24H26N8O3. The highest BCUT2D eigenvalue weighted by atomic mass is 16.6. The van der Waals surface area contributed by atoms with Crippen LogP contribution >= 0.6 is 0 Å². The second-order valence-electron chi connectivity index (χ2n) is 8.50. The van der Waals surface area contributed by atoms with Gasteiger partial charge in [0.05, 0.1) is 34.4 Å². The fourth-order valence-corrected chi connectivity index (χ4v) is 4.36. The number of hydrogen-bond donors (Lipinski definition) is 1. The van der Waals surface area contributed by atoms with Gasteiger partial charge in [0.25, 0.3) is 5.69 Å². The van der Waals surface area contributed by atoms with Crippen molar-refractivity contribution in [3.8, 4) is 17.0 Å². The molecule has 1 aromatic carbocycles. The number of pyridine rings is 1. The largest absolute Gasteiger partial charge is 0.494 e. The molecule has 35 heavy (non-hydrogen) atoms. The minimum Gasteiger partial charge on any atom is -0.494 e. The molecule has 0 radical (unpaired) electrons. The third-order valence-corrected chi connectivity index (χ3v) is 6.26. The fourth-order valence-electron chi connectivity index (χ4n) is 4.36. The second-order valence-corrected chi connectivity index (χ2v) is 8.50. The topological polar surface area (TPSA) is 114 Å². The molecule has 180 valence electrons. The fraction of sp³-hybridized carbons (Fsp3) is 0.292. The number of hydrogen-bond acceptors (Lipinski definition) is 9. The summed E-state index contributed by atoms with van der Waals surface area (Å²) in [5, 5.41) is 15.1. The molecule has 0 amide bonds. The first-order valence-electron chi connectivity index (χ1n) is 11.2. The lowest BCUT2D eigenvalue weighted by Crippen LogP contribution is -2.44. The number of fused-ring (bicyclic) bond motifs is 1. The zero-order chi connectivity index (χ0) is 24.5. The van der Waals surface area contributed by atoms with E-state index in [0.717, 1.165) is 29.7 Å². The molecule has 11 nitrogen and oxygen atoms in total. The molecule has 1 aliphatic heterocycles. The summed E-state index contributed by atoms with van der Waals surface area (Å²) in [7, 11) is 5.54. The summed E-state index contributed by atoms with van der Waals surface area (Å²) in [6.45, 7) is 3.08. The molecule has 4 heterocycles. The van der Waals surface area contributed by atoms with Crippen LogP contribution in [0.2, 0.25) is 0 Å². The van der Waals surface area contributed by atoms with Crippen molar-refractivity contribution in [3.05, 3.63) is 59.0 Å². The third kappa shape index (κ3) is 4.33. The van der Waals surface area contributed by atoms with E-state index in [1.807, 2.05) is 48.0 Å². The number of piperazine rings is 1. The molecule has 0 aliphatic carbocycles. The highest BCUT2D eigenvalue weighted by Gasteiger charge is 2.26. The standard InChI is InChI=1S/C24H26N8O3/c1-29-9-11-31(12-10-29)20-14-22(35-3)18(13-21(20)32(33)34)28-24-26-8-6-17(27-24)16-15-30(2)19-5-4-7-25-23(16)19/h4-8,13-15H,9-12H2,1-3H3,(H,26,27,28). The number of aromatic nitrogens is 4. The van der Waals surface area contributed by atoms with E-state index in [9.17, 15) is 10.1 Å². The van der Waals surface area contributed by atoms with Crippen molar-refractivity contribution < 1.29 is 9.66 Å². The number of ether oxygens (including phenoxy) is 1. The van der Waals surface area contributed by atoms with Gasteiger partial charge in [0, 0.05) is 69.5 Å². The Morgan fingerprint density at radius 2 is 1.89 bits per heavy atom. The Balaban J connectivity index is 1.50. The molecule has 3 aromatic heterocycles. The van der Waals surface area contributed by atoms with Crippen LogP contribution in [0.3, 0.4) is 0 Å². The average Bonchev–Trinajstić information content (AvgIpc) is 3.21. The van der Waals surface area contributed by atoms with Crippen LogP contribution in [0, 0.1) is 10.1 Å². The molecule has 1 N–H and O–H groups in total. The number of nitro groups is 1. The van der Waals surface area contributed by atoms with E-state index in [4.69, 9.17) is 4.74 Å². The van der Waals surface area contributed by atoms with E-state index in [-0.39, 0.29) is 10.6 Å². The van der Waals surface area contributed by atoms with Crippen LogP contribution in [-0.4, -0.2) is 69.7 Å². The number of benzene rings is 1. The van der Waals surface area contributed by atoms with Gasteiger partial charge in [-0.1, -0.05) is 0 Å². The maximum Gasteiger partial charge on any atom is 0.294 e. The number of rotatable bonds is 6. The Hall–Kier alpha value is -4.25. The smallest absolute Gasteiger partial charge is 0.294 e. The lowest BCUT2D eigenvalue weighted by atomic mass is 10.1. The predicted octanol–water partition coefficient (Wildman–Crippen LogP) is 3.44. The molecular weight excluding hydrogens is 448 g/mol. The van der Waals surface area contributed by atoms with Crippen molar-refractivity contribution in [3.63, 3.8) is 0 Å². The normalized spacial score (nSPS) is 14.3. The van der Waals surface area contributed by atoms with Gasteiger partial charge < -0.3 is 24.4 Å². The minimum absolute atomic E-state index is 0.00672. The molecule has 0 atom stereocenters. The van der Waals surface area contributed by atoms with Crippen LogP contribution in [0.1, 0.15) is 0 Å². The first kappa shape index (κ1) is 22.5. The third-order valence-electron chi connectivity index (χ3n) is 6.26. The van der Waals surface area contributed by atoms with Crippen LogP contribution in [-0.2, 0) is 7.05 Å². The highest BCUT2D eigenvalue weighted by molar-refractivity contribution is 5.92. The van der Waals surface area contributed by atoms with Crippen LogP contribution in [0.25, 0.3) is 22.3 Å². The SMILES string of the molecule is COc1cc(N2CCN(C)CC2)c([N+](=O)[O-])cc1Nc1nccc(-c2cn(C)c3cccnc23)n1. The van der Waals surface area contributed by atoms with Crippen molar-refractivity contribution in [2.45, 2.75) is 0 Å². The van der Waals surface area contributed by atoms with Gasteiger partial charge >= 0.3 is 0 Å². The van der Waals surface area contributed by atoms with Crippen molar-refractivity contribution in [1.82, 2.24) is 24.4 Å². The number of nitrogens with one attached hydrogen (secondary N) is 1. The van der Waals surface area contributed by atoms with Gasteiger partial charge in [-0.15, -0.1) is 0 Å². The van der Waals surface area contributed by atoms with Crippen molar-refractivity contribution >= 4 is 34.0 Å². The zero-order valence-electron chi connectivity index (χ0n) is 19.8. The molecule has 11 heteroatoms. The Labute approximate surface area is 202 Å². The molecule has 0 bridgehead atoms. The number of nitro benzene ring substituents is 1. The van der Waals surface area contributed by atoms with Crippen molar-refractivity contribution in [1.29, 1.82) is 0 Å². The minimum atomic E-state index is -0.364. The summed E-state index contributed by atoms with van der Waals surface area (Å²) in [4.78, 5) is 29.3. The summed E-state index contributed by atoms with van der Waals surface area (Å²) in [5.74, 6) is 0.778. The molecule has 5 rings (SSSR count). The van der Waals surface area contributed by atoms with Crippen molar-refractivity contribution in [2.75, 3.05) is 50.6 Å². The lowest BCUT2D eigenvalue weighted by molar-refractivity contribution is -0.384. The summed E-state index contributed by atoms with van der Waals surface area (Å²) in [6.07, 6.45) is 5.37. The maximum atomic E-state index is 12.0. The van der Waals surface area contributed by atoms with Gasteiger partial charge in [0.15, 0.2) is 0 Å². The van der Waals surface area contributed by atoms with E-state index >= 15 is 0 Å². The first-order chi connectivity index (χ1) is 16.9. The second kappa shape index (κ2) is 9.18. The van der Waals surface area contributed by atoms with Gasteiger partial charge in [0.1, 0.15) is 11.4 Å². The quantitative estimate of drug-likeness (QED) is 0.331. The molecule has 0 spiro atoms. The summed E-state index contributed by atoms with van der Waals surface area (Å²) in [6, 6.07) is 8.90. The number of likely N-dealkylation sites (N-methyl/N-ethyl adjacent to an activating group) is 1. The molecule has 4 aromatic rings. The molecule has 1 saturated heterocycles. The Kier molecular flexibility index (Phi) is 5.91. The first-order valence-corrected chi connectivity index (χ1v) is 11.2. The van der Waals surface area contributed by atoms with Gasteiger partial charge in [-0.3, -0.25) is 15.1 Å². The molecule has 1 aliphatic rings. The van der Waals surface area contributed by atoms with Gasteiger partial charge in [-0.2, -0.15) is 0 Å². The van der Waals surface area contributed by atoms with Gasteiger partial charge in [0.2, 0.25) is 5.95 Å². The predicted molar refractivity (Wildman–Crippen MR) is 134 cm³/mol. The summed E-state index contributed by atoms with van der Waals surface area (Å²) in [5.41, 5.74) is 4.36. The van der Waals surface area contributed by atoms with Crippen LogP contribution in [0.5, 0.6) is 5.75 Å². The summed E-state index contributed by atoms with van der Waals surface area (Å²) >= 11 is 0. The Morgan fingerprint density at radius 1 is 1.09 bits per heavy atom. The van der Waals surface area contributed by atoms with Gasteiger partial charge in [-0.05, 0) is 25.2 Å². The molecule has 0 unspecified atom stereocenters. The maximum absolute atomic E-state index is 12.0. The van der Waals surface area contributed by atoms with Gasteiger partial charge in [-0.25, -0.2) is 9.97 Å². The van der Waals surface area contributed by atoms with Crippen LogP contribution < -0.4 is 15.0 Å². The van der Waals surface area contributed by atoms with Crippen LogP contribution in [0.15, 0.2) is 48.9 Å². The lowest BCUT2D eigenvalue weighted by Gasteiger charge is -2.34. The monoisotopic (exact) mass is 474 g/mol. The Bertz CT molecular complexity index is 1400. The summed E-state index contributed by atoms with van der Waals surface area (Å²) < 4.78 is 7.59. The molecule has 1 fully saturated rings. The Morgan fingerprint density at radius 3 is 2.63 bits per heavy atom. The van der Waals surface area contributed by atoms with E-state index in [0.29, 0.717) is 41.9 Å². The number of anilines is 3. The number of methoxy groups -OCH3 is 1. The zero-order valence-corrected chi connectivity index (χ0v) is 19.8. The molecule has 0 saturated carbocycles. The van der Waals surface area contributed by atoms with E-state index in [1.54, 1.807) is 25.6 Å². The number of aryl methyl sites for hydroxylation is 1. The van der Waals surface area contributed by atoms with E-state index < -0.39 is 0 Å². The van der Waals surface area contributed by atoms with Crippen LogP contribution in [0.4, 0.5) is 23.0 Å². The number of nitrogens with zero attached hydrogens (tertiary/aromatic N) is 7. The highest BCUT2D eigenvalue weighted by Crippen LogP contribution is 2.39. The van der Waals surface area contributed by atoms with Crippen molar-refractivity contribution in [2.24, 2.45) is 7.05 Å². The average molecular weight is 475 g/mol. The van der Waals surface area contributed by atoms with E-state index in [1.165, 1.54) is 6.07 Å².